The highest BCUT2D eigenvalue weighted by Crippen LogP contribution is 2.14. The van der Waals surface area contributed by atoms with Gasteiger partial charge in [0.1, 0.15) is 5.69 Å². The molecule has 4 nitrogen and oxygen atoms in total. The second-order valence-corrected chi connectivity index (χ2v) is 5.51. The van der Waals surface area contributed by atoms with Gasteiger partial charge in [-0.15, -0.1) is 11.3 Å². The van der Waals surface area contributed by atoms with Crippen molar-refractivity contribution < 1.29 is 4.79 Å². The zero-order valence-corrected chi connectivity index (χ0v) is 12.4. The molecule has 20 heavy (non-hydrogen) atoms. The number of carbonyl (C=O) groups is 1. The van der Waals surface area contributed by atoms with Crippen molar-refractivity contribution in [2.45, 2.75) is 26.2 Å². The number of carbonyl (C=O) groups excluding carboxylic acids is 1. The summed E-state index contributed by atoms with van der Waals surface area (Å²) in [7, 11) is 0. The summed E-state index contributed by atoms with van der Waals surface area (Å²) in [6.07, 6.45) is 2.89. The quantitative estimate of drug-likeness (QED) is 0.859. The molecule has 0 saturated heterocycles. The highest BCUT2D eigenvalue weighted by molar-refractivity contribution is 7.09. The van der Waals surface area contributed by atoms with Crippen LogP contribution in [0.15, 0.2) is 29.6 Å². The van der Waals surface area contributed by atoms with E-state index in [0.717, 1.165) is 23.5 Å². The second kappa shape index (κ2) is 7.17. The van der Waals surface area contributed by atoms with Crippen LogP contribution in [-0.4, -0.2) is 17.4 Å². The Hall–Kier alpha value is -1.72. The van der Waals surface area contributed by atoms with Gasteiger partial charge in [-0.3, -0.25) is 4.79 Å². The van der Waals surface area contributed by atoms with Gasteiger partial charge in [-0.05, 0) is 30.7 Å². The Morgan fingerprint density at radius 2 is 2.05 bits per heavy atom. The summed E-state index contributed by atoms with van der Waals surface area (Å²) in [4.78, 5) is 16.3. The number of amides is 1. The lowest BCUT2D eigenvalue weighted by Gasteiger charge is -2.04. The fourth-order valence-corrected chi connectivity index (χ4v) is 2.69. The predicted octanol–water partition coefficient (Wildman–Crippen LogP) is 2.85. The molecular formula is C15H19N3OS. The van der Waals surface area contributed by atoms with Crippen LogP contribution in [0.3, 0.4) is 0 Å². The standard InChI is InChI=1S/C15H19N3OS/c1-2-3-11-4-6-12(7-5-11)17-15(19)13-10-20-14(18-13)8-9-16/h4-7,10H,2-3,8-9,16H2,1H3,(H,17,19). The lowest BCUT2D eigenvalue weighted by atomic mass is 10.1. The molecule has 3 N–H and O–H groups in total. The second-order valence-electron chi connectivity index (χ2n) is 4.57. The first kappa shape index (κ1) is 14.7. The minimum Gasteiger partial charge on any atom is -0.330 e. The molecule has 0 aliphatic rings. The van der Waals surface area contributed by atoms with Gasteiger partial charge in [-0.25, -0.2) is 4.98 Å². The maximum atomic E-state index is 12.0. The average molecular weight is 289 g/mol. The molecule has 1 heterocycles. The fourth-order valence-electron chi connectivity index (χ4n) is 1.89. The Morgan fingerprint density at radius 1 is 1.30 bits per heavy atom. The largest absolute Gasteiger partial charge is 0.330 e. The van der Waals surface area contributed by atoms with Crippen LogP contribution in [0.1, 0.15) is 34.4 Å². The van der Waals surface area contributed by atoms with Gasteiger partial charge in [0, 0.05) is 17.5 Å². The number of nitrogens with one attached hydrogen (secondary N) is 1. The van der Waals surface area contributed by atoms with Crippen molar-refractivity contribution in [2.75, 3.05) is 11.9 Å². The number of hydrogen-bond donors (Lipinski definition) is 2. The first-order valence-electron chi connectivity index (χ1n) is 6.77. The number of aromatic nitrogens is 1. The molecule has 0 spiro atoms. The van der Waals surface area contributed by atoms with E-state index in [0.29, 0.717) is 18.7 Å². The van der Waals surface area contributed by atoms with Crippen molar-refractivity contribution >= 4 is 22.9 Å². The number of nitrogens with zero attached hydrogens (tertiary/aromatic N) is 1. The van der Waals surface area contributed by atoms with E-state index in [2.05, 4.69) is 17.2 Å². The van der Waals surface area contributed by atoms with Crippen molar-refractivity contribution in [3.63, 3.8) is 0 Å². The summed E-state index contributed by atoms with van der Waals surface area (Å²) in [5.74, 6) is -0.173. The first-order valence-corrected chi connectivity index (χ1v) is 7.65. The van der Waals surface area contributed by atoms with Gasteiger partial charge in [0.05, 0.1) is 5.01 Å². The Labute approximate surface area is 123 Å². The number of hydrogen-bond acceptors (Lipinski definition) is 4. The topological polar surface area (TPSA) is 68.0 Å². The van der Waals surface area contributed by atoms with Crippen LogP contribution in [0.2, 0.25) is 0 Å². The average Bonchev–Trinajstić information content (AvgIpc) is 2.90. The van der Waals surface area contributed by atoms with E-state index in [1.165, 1.54) is 16.9 Å². The Kier molecular flexibility index (Phi) is 5.26. The summed E-state index contributed by atoms with van der Waals surface area (Å²) in [5.41, 5.74) is 8.01. The molecule has 1 amide bonds. The van der Waals surface area contributed by atoms with Crippen LogP contribution in [0.4, 0.5) is 5.69 Å². The molecule has 1 aromatic heterocycles. The summed E-state index contributed by atoms with van der Waals surface area (Å²) >= 11 is 1.47. The predicted molar refractivity (Wildman–Crippen MR) is 83.3 cm³/mol. The molecule has 0 unspecified atom stereocenters. The monoisotopic (exact) mass is 289 g/mol. The van der Waals surface area contributed by atoms with Crippen LogP contribution in [0.5, 0.6) is 0 Å². The molecule has 0 atom stereocenters. The van der Waals surface area contributed by atoms with E-state index in [9.17, 15) is 4.79 Å². The van der Waals surface area contributed by atoms with E-state index in [-0.39, 0.29) is 5.91 Å². The zero-order chi connectivity index (χ0) is 14.4. The molecule has 2 rings (SSSR count). The maximum absolute atomic E-state index is 12.0. The summed E-state index contributed by atoms with van der Waals surface area (Å²) in [5, 5.41) is 5.53. The molecular weight excluding hydrogens is 270 g/mol. The molecule has 0 saturated carbocycles. The van der Waals surface area contributed by atoms with Crippen LogP contribution >= 0.6 is 11.3 Å². The highest BCUT2D eigenvalue weighted by atomic mass is 32.1. The van der Waals surface area contributed by atoms with Gasteiger partial charge in [0.15, 0.2) is 0 Å². The van der Waals surface area contributed by atoms with E-state index in [1.807, 2.05) is 24.3 Å². The molecule has 0 bridgehead atoms. The van der Waals surface area contributed by atoms with Crippen molar-refractivity contribution in [2.24, 2.45) is 5.73 Å². The van der Waals surface area contributed by atoms with Crippen LogP contribution in [0.25, 0.3) is 0 Å². The van der Waals surface area contributed by atoms with E-state index < -0.39 is 0 Å². The van der Waals surface area contributed by atoms with Crippen molar-refractivity contribution in [3.05, 3.63) is 45.9 Å². The Balaban J connectivity index is 1.99. The van der Waals surface area contributed by atoms with E-state index >= 15 is 0 Å². The third-order valence-electron chi connectivity index (χ3n) is 2.89. The van der Waals surface area contributed by atoms with Gasteiger partial charge >= 0.3 is 0 Å². The maximum Gasteiger partial charge on any atom is 0.275 e. The lowest BCUT2D eigenvalue weighted by Crippen LogP contribution is -2.12. The number of aryl methyl sites for hydroxylation is 1. The minimum atomic E-state index is -0.173. The van der Waals surface area contributed by atoms with Crippen molar-refractivity contribution in [3.8, 4) is 0 Å². The zero-order valence-electron chi connectivity index (χ0n) is 11.6. The molecule has 0 aliphatic heterocycles. The van der Waals surface area contributed by atoms with E-state index in [4.69, 9.17) is 5.73 Å². The SMILES string of the molecule is CCCc1ccc(NC(=O)c2csc(CCN)n2)cc1. The van der Waals surface area contributed by atoms with Gasteiger partial charge in [0.2, 0.25) is 0 Å². The number of nitrogens with two attached hydrogens (primary N) is 1. The lowest BCUT2D eigenvalue weighted by molar-refractivity contribution is 0.102. The summed E-state index contributed by atoms with van der Waals surface area (Å²) in [6.45, 7) is 2.70. The number of anilines is 1. The van der Waals surface area contributed by atoms with Gasteiger partial charge < -0.3 is 11.1 Å². The molecule has 5 heteroatoms. The Morgan fingerprint density at radius 3 is 2.70 bits per heavy atom. The third kappa shape index (κ3) is 3.88. The summed E-state index contributed by atoms with van der Waals surface area (Å²) in [6, 6.07) is 7.94. The molecule has 0 aliphatic carbocycles. The van der Waals surface area contributed by atoms with Crippen molar-refractivity contribution in [1.29, 1.82) is 0 Å². The fraction of sp³-hybridized carbons (Fsp3) is 0.333. The minimum absolute atomic E-state index is 0.173. The first-order chi connectivity index (χ1) is 9.72. The molecule has 2 aromatic rings. The molecule has 0 fully saturated rings. The molecule has 1 aromatic carbocycles. The number of rotatable bonds is 6. The van der Waals surface area contributed by atoms with Gasteiger partial charge in [-0.2, -0.15) is 0 Å². The smallest absolute Gasteiger partial charge is 0.275 e. The Bertz CT molecular complexity index is 563. The van der Waals surface area contributed by atoms with Gasteiger partial charge in [-0.1, -0.05) is 25.5 Å². The normalized spacial score (nSPS) is 10.5. The van der Waals surface area contributed by atoms with Gasteiger partial charge in [0.25, 0.3) is 5.91 Å². The molecule has 0 radical (unpaired) electrons. The summed E-state index contributed by atoms with van der Waals surface area (Å²) < 4.78 is 0. The molecule has 106 valence electrons. The number of benzene rings is 1. The van der Waals surface area contributed by atoms with Crippen LogP contribution in [-0.2, 0) is 12.8 Å². The van der Waals surface area contributed by atoms with Crippen LogP contribution in [0, 0.1) is 0 Å². The third-order valence-corrected chi connectivity index (χ3v) is 3.80. The van der Waals surface area contributed by atoms with Crippen molar-refractivity contribution in [1.82, 2.24) is 4.98 Å². The van der Waals surface area contributed by atoms with Crippen LogP contribution < -0.4 is 11.1 Å². The highest BCUT2D eigenvalue weighted by Gasteiger charge is 2.10. The number of thiazole rings is 1. The van der Waals surface area contributed by atoms with E-state index in [1.54, 1.807) is 5.38 Å².